The average Bonchev–Trinajstić information content (AvgIpc) is 2.91. The molecule has 0 aliphatic carbocycles. The first-order valence-corrected chi connectivity index (χ1v) is 7.71. The topological polar surface area (TPSA) is 43.0 Å². The van der Waals surface area contributed by atoms with Crippen molar-refractivity contribution in [3.05, 3.63) is 53.0 Å². The molecule has 3 rings (SSSR count). The molecule has 2 aromatic heterocycles. The number of hydrogen-bond donors (Lipinski definition) is 1. The largest absolute Gasteiger partial charge is 0.389 e. The van der Waals surface area contributed by atoms with Crippen molar-refractivity contribution in [1.29, 1.82) is 0 Å². The Morgan fingerprint density at radius 1 is 1.09 bits per heavy atom. The second kappa shape index (κ2) is 5.61. The van der Waals surface area contributed by atoms with Crippen molar-refractivity contribution >= 4 is 10.9 Å². The van der Waals surface area contributed by atoms with Crippen LogP contribution in [0.5, 0.6) is 0 Å². The number of aliphatic hydroxyl groups excluding tert-OH is 1. The third-order valence-corrected chi connectivity index (χ3v) is 4.43. The van der Waals surface area contributed by atoms with Crippen LogP contribution in [0.2, 0.25) is 0 Å². The van der Waals surface area contributed by atoms with Crippen molar-refractivity contribution in [2.24, 2.45) is 0 Å². The molecule has 1 N–H and O–H groups in total. The van der Waals surface area contributed by atoms with Gasteiger partial charge in [-0.15, -0.1) is 0 Å². The van der Waals surface area contributed by atoms with E-state index in [1.165, 1.54) is 22.2 Å². The van der Waals surface area contributed by atoms with Crippen LogP contribution < -0.4 is 0 Å². The molecule has 0 fully saturated rings. The van der Waals surface area contributed by atoms with Gasteiger partial charge in [-0.25, -0.2) is 0 Å². The Labute approximate surface area is 131 Å². The molecule has 1 atom stereocenters. The number of para-hydroxylation sites is 1. The van der Waals surface area contributed by atoms with Crippen LogP contribution in [0.25, 0.3) is 10.9 Å². The molecule has 4 heteroatoms. The van der Waals surface area contributed by atoms with E-state index >= 15 is 0 Å². The summed E-state index contributed by atoms with van der Waals surface area (Å²) in [5, 5.41) is 16.2. The standard InChI is InChI=1S/C18H23N3O/c1-12-9-13(2)21(19-12)11-16(22)10-20-15(4)14(3)17-7-5-6-8-18(17)20/h5-9,16,22H,10-11H2,1-4H3/t16-/m0/s1. The summed E-state index contributed by atoms with van der Waals surface area (Å²) in [5.74, 6) is 0. The molecule has 0 aliphatic heterocycles. The van der Waals surface area contributed by atoms with Gasteiger partial charge in [-0.05, 0) is 45.4 Å². The first-order valence-electron chi connectivity index (χ1n) is 7.71. The Bertz CT molecular complexity index is 813. The fraction of sp³-hybridized carbons (Fsp3) is 0.389. The molecule has 0 saturated heterocycles. The molecular weight excluding hydrogens is 274 g/mol. The van der Waals surface area contributed by atoms with Gasteiger partial charge >= 0.3 is 0 Å². The quantitative estimate of drug-likeness (QED) is 0.804. The Kier molecular flexibility index (Phi) is 3.79. The number of nitrogens with zero attached hydrogens (tertiary/aromatic N) is 3. The molecule has 0 aliphatic rings. The highest BCUT2D eigenvalue weighted by molar-refractivity contribution is 5.85. The third kappa shape index (κ3) is 2.55. The van der Waals surface area contributed by atoms with E-state index in [0.717, 1.165) is 11.4 Å². The average molecular weight is 297 g/mol. The first-order chi connectivity index (χ1) is 10.5. The number of aryl methyl sites for hydroxylation is 3. The minimum absolute atomic E-state index is 0.466. The van der Waals surface area contributed by atoms with Gasteiger partial charge in [0.05, 0.1) is 24.9 Å². The minimum Gasteiger partial charge on any atom is -0.389 e. The normalized spacial score (nSPS) is 13.0. The maximum absolute atomic E-state index is 10.5. The summed E-state index contributed by atoms with van der Waals surface area (Å²) in [5.41, 5.74) is 5.76. The van der Waals surface area contributed by atoms with Gasteiger partial charge in [0.1, 0.15) is 0 Å². The van der Waals surface area contributed by atoms with Crippen LogP contribution in [0.15, 0.2) is 30.3 Å². The van der Waals surface area contributed by atoms with E-state index in [9.17, 15) is 5.11 Å². The van der Waals surface area contributed by atoms with Crippen molar-refractivity contribution in [2.75, 3.05) is 0 Å². The summed E-state index contributed by atoms with van der Waals surface area (Å²) in [6.45, 7) is 9.35. The maximum Gasteiger partial charge on any atom is 0.0914 e. The van der Waals surface area contributed by atoms with Crippen molar-refractivity contribution in [3.8, 4) is 0 Å². The lowest BCUT2D eigenvalue weighted by atomic mass is 10.2. The fourth-order valence-electron chi connectivity index (χ4n) is 3.17. The lowest BCUT2D eigenvalue weighted by molar-refractivity contribution is 0.130. The Hall–Kier alpha value is -2.07. The smallest absolute Gasteiger partial charge is 0.0914 e. The van der Waals surface area contributed by atoms with Gasteiger partial charge in [-0.3, -0.25) is 4.68 Å². The zero-order chi connectivity index (χ0) is 15.9. The van der Waals surface area contributed by atoms with Crippen LogP contribution in [-0.4, -0.2) is 25.6 Å². The zero-order valence-corrected chi connectivity index (χ0v) is 13.7. The maximum atomic E-state index is 10.5. The molecule has 0 bridgehead atoms. The zero-order valence-electron chi connectivity index (χ0n) is 13.7. The second-order valence-electron chi connectivity index (χ2n) is 6.10. The van der Waals surface area contributed by atoms with Crippen molar-refractivity contribution in [1.82, 2.24) is 14.3 Å². The molecule has 1 aromatic carbocycles. The summed E-state index contributed by atoms with van der Waals surface area (Å²) in [7, 11) is 0. The highest BCUT2D eigenvalue weighted by Crippen LogP contribution is 2.25. The van der Waals surface area contributed by atoms with Gasteiger partial charge in [-0.2, -0.15) is 5.10 Å². The van der Waals surface area contributed by atoms with Gasteiger partial charge in [0.15, 0.2) is 0 Å². The number of hydrogen-bond acceptors (Lipinski definition) is 2. The molecule has 0 unspecified atom stereocenters. The van der Waals surface area contributed by atoms with Crippen molar-refractivity contribution in [2.45, 2.75) is 46.9 Å². The number of fused-ring (bicyclic) bond motifs is 1. The van der Waals surface area contributed by atoms with E-state index in [0.29, 0.717) is 13.1 Å². The third-order valence-electron chi connectivity index (χ3n) is 4.43. The molecule has 3 aromatic rings. The predicted molar refractivity (Wildman–Crippen MR) is 89.1 cm³/mol. The molecular formula is C18H23N3O. The summed E-state index contributed by atoms with van der Waals surface area (Å²) in [4.78, 5) is 0. The van der Waals surface area contributed by atoms with Crippen LogP contribution in [0.1, 0.15) is 22.6 Å². The summed E-state index contributed by atoms with van der Waals surface area (Å²) >= 11 is 0. The number of rotatable bonds is 4. The SMILES string of the molecule is Cc1cc(C)n(C[C@@H](O)Cn2c(C)c(C)c3ccccc32)n1. The van der Waals surface area contributed by atoms with Crippen LogP contribution in [-0.2, 0) is 13.1 Å². The second-order valence-corrected chi connectivity index (χ2v) is 6.10. The first kappa shape index (κ1) is 14.9. The molecule has 2 heterocycles. The molecule has 0 spiro atoms. The molecule has 4 nitrogen and oxygen atoms in total. The Morgan fingerprint density at radius 2 is 1.82 bits per heavy atom. The number of aliphatic hydroxyl groups is 1. The van der Waals surface area contributed by atoms with Gasteiger partial charge in [0.25, 0.3) is 0 Å². The predicted octanol–water partition coefficient (Wildman–Crippen LogP) is 3.13. The van der Waals surface area contributed by atoms with Crippen molar-refractivity contribution in [3.63, 3.8) is 0 Å². The molecule has 22 heavy (non-hydrogen) atoms. The van der Waals surface area contributed by atoms with E-state index in [-0.39, 0.29) is 0 Å². The summed E-state index contributed by atoms with van der Waals surface area (Å²) in [6, 6.07) is 10.4. The van der Waals surface area contributed by atoms with E-state index in [1.807, 2.05) is 30.7 Å². The molecule has 116 valence electrons. The summed E-state index contributed by atoms with van der Waals surface area (Å²) < 4.78 is 4.09. The Balaban J connectivity index is 1.87. The molecule has 0 saturated carbocycles. The van der Waals surface area contributed by atoms with Crippen LogP contribution in [0, 0.1) is 27.7 Å². The fourth-order valence-corrected chi connectivity index (χ4v) is 3.17. The van der Waals surface area contributed by atoms with Crippen LogP contribution in [0.4, 0.5) is 0 Å². The van der Waals surface area contributed by atoms with Crippen LogP contribution >= 0.6 is 0 Å². The minimum atomic E-state index is -0.466. The molecule has 0 amide bonds. The van der Waals surface area contributed by atoms with Crippen molar-refractivity contribution < 1.29 is 5.11 Å². The van der Waals surface area contributed by atoms with Crippen LogP contribution in [0.3, 0.4) is 0 Å². The van der Waals surface area contributed by atoms with E-state index in [4.69, 9.17) is 0 Å². The van der Waals surface area contributed by atoms with Gasteiger partial charge < -0.3 is 9.67 Å². The monoisotopic (exact) mass is 297 g/mol. The lowest BCUT2D eigenvalue weighted by Gasteiger charge is -2.15. The lowest BCUT2D eigenvalue weighted by Crippen LogP contribution is -2.24. The number of benzene rings is 1. The van der Waals surface area contributed by atoms with Gasteiger partial charge in [0.2, 0.25) is 0 Å². The molecule has 0 radical (unpaired) electrons. The number of aromatic nitrogens is 3. The summed E-state index contributed by atoms with van der Waals surface area (Å²) in [6.07, 6.45) is -0.466. The highest BCUT2D eigenvalue weighted by atomic mass is 16.3. The van der Waals surface area contributed by atoms with Gasteiger partial charge in [0, 0.05) is 22.3 Å². The van der Waals surface area contributed by atoms with Gasteiger partial charge in [-0.1, -0.05) is 18.2 Å². The van der Waals surface area contributed by atoms with E-state index in [1.54, 1.807) is 0 Å². The van der Waals surface area contributed by atoms with E-state index in [2.05, 4.69) is 41.7 Å². The Morgan fingerprint density at radius 3 is 2.50 bits per heavy atom. The van der Waals surface area contributed by atoms with E-state index < -0.39 is 6.10 Å². The highest BCUT2D eigenvalue weighted by Gasteiger charge is 2.15.